The zero-order chi connectivity index (χ0) is 32.0. The van der Waals surface area contributed by atoms with Gasteiger partial charge in [0.2, 0.25) is 0 Å². The number of fused-ring (bicyclic) bond motifs is 7. The molecule has 0 bridgehead atoms. The molecule has 0 N–H and O–H groups in total. The Hall–Kier alpha value is -4.68. The molecule has 46 heavy (non-hydrogen) atoms. The summed E-state index contributed by atoms with van der Waals surface area (Å²) in [6.45, 7) is 16.5. The quantitative estimate of drug-likeness (QED) is 0.164. The van der Waals surface area contributed by atoms with Crippen molar-refractivity contribution in [2.45, 2.75) is 65.2 Å². The van der Waals surface area contributed by atoms with Gasteiger partial charge in [0, 0.05) is 5.41 Å². The first-order valence-corrected chi connectivity index (χ1v) is 16.9. The summed E-state index contributed by atoms with van der Waals surface area (Å²) in [5, 5.41) is 0. The van der Waals surface area contributed by atoms with Crippen LogP contribution in [0.25, 0.3) is 33.4 Å². The molecule has 0 amide bonds. The molecule has 2 unspecified atom stereocenters. The maximum absolute atomic E-state index is 4.55. The molecule has 0 saturated carbocycles. The minimum Gasteiger partial charge on any atom is -0.0949 e. The average molecular weight is 597 g/mol. The number of allylic oxidation sites excluding steroid dienone is 5. The predicted molar refractivity (Wildman–Crippen MR) is 198 cm³/mol. The topological polar surface area (TPSA) is 0 Å². The van der Waals surface area contributed by atoms with Crippen molar-refractivity contribution in [3.63, 3.8) is 0 Å². The first kappa shape index (κ1) is 30.0. The maximum Gasteiger partial charge on any atom is 0.0401 e. The van der Waals surface area contributed by atoms with Crippen molar-refractivity contribution in [3.8, 4) is 22.3 Å². The van der Waals surface area contributed by atoms with Crippen LogP contribution in [-0.2, 0) is 11.8 Å². The lowest BCUT2D eigenvalue weighted by atomic mass is 9.66. The maximum atomic E-state index is 4.55. The third kappa shape index (κ3) is 4.74. The van der Waals surface area contributed by atoms with Crippen LogP contribution >= 0.6 is 0 Å². The Labute approximate surface area is 275 Å². The molecule has 2 atom stereocenters. The van der Waals surface area contributed by atoms with Crippen molar-refractivity contribution in [1.82, 2.24) is 0 Å². The minimum absolute atomic E-state index is 0.259. The van der Waals surface area contributed by atoms with Crippen molar-refractivity contribution < 1.29 is 0 Å². The van der Waals surface area contributed by atoms with Gasteiger partial charge in [0.1, 0.15) is 0 Å². The molecule has 0 heteroatoms. The highest BCUT2D eigenvalue weighted by Gasteiger charge is 2.45. The number of rotatable bonds is 7. The first-order valence-electron chi connectivity index (χ1n) is 16.9. The standard InChI is InChI=1S/C46H44/c1-7-36(44(35-20-12-9-13-21-35)32(4)28-30(2)34-18-10-8-11-19-34)33(5)46(6)43-25-17-16-24-40(43)41-27-26-39-38-23-15-14-22-37(38)31(3)29-42(39)45(41)46/h8-27,31H,2,7,28-29H2,1,3-6H3/b36-33+,44-32+. The number of hydrogen-bond acceptors (Lipinski definition) is 0. The SMILES string of the molecule is C=C(C/C(C)=C(/C(CC)=C(\C)C1(C)c2ccccc2-c2ccc3c(c21)CC(C)c1ccccc1-3)c1ccccc1)c1ccccc1. The molecule has 0 aliphatic heterocycles. The van der Waals surface area contributed by atoms with Crippen LogP contribution in [0.15, 0.2) is 145 Å². The molecule has 228 valence electrons. The summed E-state index contributed by atoms with van der Waals surface area (Å²) in [5.41, 5.74) is 20.5. The van der Waals surface area contributed by atoms with E-state index in [-0.39, 0.29) is 5.41 Å². The van der Waals surface area contributed by atoms with Gasteiger partial charge in [-0.3, -0.25) is 0 Å². The molecule has 7 rings (SSSR count). The summed E-state index contributed by atoms with van der Waals surface area (Å²) in [6, 6.07) is 44.7. The second-order valence-electron chi connectivity index (χ2n) is 13.5. The van der Waals surface area contributed by atoms with Gasteiger partial charge in [0.05, 0.1) is 0 Å². The molecule has 0 nitrogen and oxygen atoms in total. The van der Waals surface area contributed by atoms with Crippen LogP contribution in [0.1, 0.15) is 86.8 Å². The number of hydrogen-bond donors (Lipinski definition) is 0. The molecule has 0 heterocycles. The molecule has 0 spiro atoms. The van der Waals surface area contributed by atoms with Crippen LogP contribution in [0.5, 0.6) is 0 Å². The summed E-state index contributed by atoms with van der Waals surface area (Å²) in [7, 11) is 0. The van der Waals surface area contributed by atoms with E-state index in [2.05, 4.69) is 163 Å². The summed E-state index contributed by atoms with van der Waals surface area (Å²) in [5.74, 6) is 0.476. The molecule has 5 aromatic rings. The van der Waals surface area contributed by atoms with Gasteiger partial charge in [0.25, 0.3) is 0 Å². The Morgan fingerprint density at radius 1 is 0.696 bits per heavy atom. The number of benzene rings is 5. The highest BCUT2D eigenvalue weighted by atomic mass is 14.5. The van der Waals surface area contributed by atoms with Crippen LogP contribution in [-0.4, -0.2) is 0 Å². The summed E-state index contributed by atoms with van der Waals surface area (Å²) >= 11 is 0. The van der Waals surface area contributed by atoms with Crippen molar-refractivity contribution in [2.75, 3.05) is 0 Å². The summed E-state index contributed by atoms with van der Waals surface area (Å²) < 4.78 is 0. The molecule has 0 saturated heterocycles. The molecule has 0 aromatic heterocycles. The van der Waals surface area contributed by atoms with Gasteiger partial charge in [-0.2, -0.15) is 0 Å². The fraction of sp³-hybridized carbons (Fsp3) is 0.217. The first-order chi connectivity index (χ1) is 22.3. The molecule has 2 aliphatic carbocycles. The Balaban J connectivity index is 1.48. The van der Waals surface area contributed by atoms with Gasteiger partial charge >= 0.3 is 0 Å². The van der Waals surface area contributed by atoms with Crippen LogP contribution < -0.4 is 0 Å². The largest absolute Gasteiger partial charge is 0.0949 e. The zero-order valence-electron chi connectivity index (χ0n) is 28.0. The molecule has 2 aliphatic rings. The van der Waals surface area contributed by atoms with Gasteiger partial charge in [-0.1, -0.05) is 153 Å². The van der Waals surface area contributed by atoms with Crippen molar-refractivity contribution in [2.24, 2.45) is 0 Å². The van der Waals surface area contributed by atoms with Crippen molar-refractivity contribution in [1.29, 1.82) is 0 Å². The molecular formula is C46H44. The van der Waals surface area contributed by atoms with Gasteiger partial charge in [-0.15, -0.1) is 0 Å². The van der Waals surface area contributed by atoms with E-state index in [9.17, 15) is 0 Å². The van der Waals surface area contributed by atoms with Gasteiger partial charge < -0.3 is 0 Å². The molecule has 0 fully saturated rings. The van der Waals surface area contributed by atoms with Gasteiger partial charge in [-0.25, -0.2) is 0 Å². The van der Waals surface area contributed by atoms with Crippen LogP contribution in [0.3, 0.4) is 0 Å². The third-order valence-corrected chi connectivity index (χ3v) is 10.9. The van der Waals surface area contributed by atoms with Crippen LogP contribution in [0, 0.1) is 0 Å². The van der Waals surface area contributed by atoms with Crippen molar-refractivity contribution in [3.05, 3.63) is 178 Å². The smallest absolute Gasteiger partial charge is 0.0401 e. The Kier molecular flexibility index (Phi) is 7.77. The summed E-state index contributed by atoms with van der Waals surface area (Å²) in [4.78, 5) is 0. The van der Waals surface area contributed by atoms with Crippen LogP contribution in [0.4, 0.5) is 0 Å². The van der Waals surface area contributed by atoms with E-state index in [4.69, 9.17) is 0 Å². The van der Waals surface area contributed by atoms with E-state index in [1.54, 1.807) is 0 Å². The van der Waals surface area contributed by atoms with E-state index in [1.807, 2.05) is 0 Å². The lowest BCUT2D eigenvalue weighted by Crippen LogP contribution is -2.27. The highest BCUT2D eigenvalue weighted by Crippen LogP contribution is 2.58. The van der Waals surface area contributed by atoms with E-state index < -0.39 is 0 Å². The Morgan fingerprint density at radius 2 is 1.28 bits per heavy atom. The second-order valence-corrected chi connectivity index (χ2v) is 13.5. The predicted octanol–water partition coefficient (Wildman–Crippen LogP) is 12.6. The van der Waals surface area contributed by atoms with Crippen LogP contribution in [0.2, 0.25) is 0 Å². The lowest BCUT2D eigenvalue weighted by Gasteiger charge is -2.36. The normalized spacial score (nSPS) is 18.8. The Morgan fingerprint density at radius 3 is 1.98 bits per heavy atom. The molecule has 5 aromatic carbocycles. The zero-order valence-corrected chi connectivity index (χ0v) is 28.0. The second kappa shape index (κ2) is 11.9. The lowest BCUT2D eigenvalue weighted by molar-refractivity contribution is 0.657. The molecular weight excluding hydrogens is 553 g/mol. The van der Waals surface area contributed by atoms with E-state index >= 15 is 0 Å². The fourth-order valence-electron chi connectivity index (χ4n) is 8.57. The van der Waals surface area contributed by atoms with Crippen molar-refractivity contribution >= 4 is 11.1 Å². The van der Waals surface area contributed by atoms with E-state index in [1.165, 1.54) is 77.9 Å². The van der Waals surface area contributed by atoms with Gasteiger partial charge in [0.15, 0.2) is 0 Å². The van der Waals surface area contributed by atoms with E-state index in [0.29, 0.717) is 5.92 Å². The average Bonchev–Trinajstić information content (AvgIpc) is 3.37. The monoisotopic (exact) mass is 596 g/mol. The Bertz CT molecular complexity index is 2020. The summed E-state index contributed by atoms with van der Waals surface area (Å²) in [6.07, 6.45) is 2.84. The van der Waals surface area contributed by atoms with E-state index in [0.717, 1.165) is 24.8 Å². The fourth-order valence-corrected chi connectivity index (χ4v) is 8.57. The molecule has 0 radical (unpaired) electrons. The highest BCUT2D eigenvalue weighted by molar-refractivity contribution is 5.91. The minimum atomic E-state index is -0.259. The third-order valence-electron chi connectivity index (χ3n) is 10.9. The van der Waals surface area contributed by atoms with Gasteiger partial charge in [-0.05, 0) is 118 Å².